The zero-order valence-electron chi connectivity index (χ0n) is 15.9. The van der Waals surface area contributed by atoms with E-state index in [1.165, 1.54) is 43.7 Å². The van der Waals surface area contributed by atoms with Crippen molar-refractivity contribution in [3.63, 3.8) is 0 Å². The van der Waals surface area contributed by atoms with Gasteiger partial charge in [0.1, 0.15) is 34.9 Å². The number of aliphatic hydroxyl groups excluding tert-OH is 1. The predicted molar refractivity (Wildman–Crippen MR) is 108 cm³/mol. The fourth-order valence-corrected chi connectivity index (χ4v) is 3.63. The Balaban J connectivity index is 1.97. The van der Waals surface area contributed by atoms with Crippen LogP contribution in [-0.2, 0) is 9.59 Å². The largest absolute Gasteiger partial charge is 0.507 e. The number of methoxy groups -OCH3 is 1. The van der Waals surface area contributed by atoms with Crippen LogP contribution < -0.4 is 9.64 Å². The van der Waals surface area contributed by atoms with Crippen LogP contribution in [0.2, 0.25) is 5.02 Å². The number of rotatable bonds is 4. The van der Waals surface area contributed by atoms with Gasteiger partial charge in [0, 0.05) is 5.69 Å². The lowest BCUT2D eigenvalue weighted by atomic mass is 9.98. The number of nitrogens with zero attached hydrogens (tertiary/aromatic N) is 1. The molecule has 1 N–H and O–H groups in total. The van der Waals surface area contributed by atoms with Crippen LogP contribution in [0.15, 0.2) is 64.8 Å². The zero-order valence-corrected chi connectivity index (χ0v) is 16.7. The van der Waals surface area contributed by atoms with Gasteiger partial charge in [0.15, 0.2) is 0 Å². The molecule has 1 aliphatic rings. The molecule has 1 fully saturated rings. The standard InChI is InChI=1S/C22H14ClF2NO5/c1-30-16-7-4-11(24)9-13(16)20(27)18-19(17-3-2-8-31-17)26(22(29)21(18)28)12-5-6-15(25)14(23)10-12/h2-10,19,27H,1H3/b20-18-. The number of carbonyl (C=O) groups is 2. The molecule has 1 saturated heterocycles. The van der Waals surface area contributed by atoms with Gasteiger partial charge < -0.3 is 14.3 Å². The lowest BCUT2D eigenvalue weighted by Gasteiger charge is -2.23. The third-order valence-electron chi connectivity index (χ3n) is 4.86. The Morgan fingerprint density at radius 2 is 1.94 bits per heavy atom. The highest BCUT2D eigenvalue weighted by molar-refractivity contribution is 6.51. The minimum Gasteiger partial charge on any atom is -0.507 e. The first-order chi connectivity index (χ1) is 14.8. The van der Waals surface area contributed by atoms with Gasteiger partial charge in [0.25, 0.3) is 11.7 Å². The van der Waals surface area contributed by atoms with Crippen LogP contribution in [0.3, 0.4) is 0 Å². The number of aliphatic hydroxyl groups is 1. The van der Waals surface area contributed by atoms with Crippen molar-refractivity contribution in [3.05, 3.63) is 88.3 Å². The number of Topliss-reactive ketones (excluding diaryl/α,β-unsaturated/α-hetero) is 1. The normalized spacial score (nSPS) is 17.9. The number of hydrogen-bond donors (Lipinski definition) is 1. The summed E-state index contributed by atoms with van der Waals surface area (Å²) >= 11 is 5.86. The van der Waals surface area contributed by atoms with Crippen LogP contribution in [0.5, 0.6) is 5.75 Å². The number of carbonyl (C=O) groups excluding carboxylic acids is 2. The molecule has 0 bridgehead atoms. The molecular formula is C22H14ClF2NO5. The predicted octanol–water partition coefficient (Wildman–Crippen LogP) is 4.85. The summed E-state index contributed by atoms with van der Waals surface area (Å²) in [7, 11) is 1.31. The first-order valence-corrected chi connectivity index (χ1v) is 9.34. The Bertz CT molecular complexity index is 1220. The van der Waals surface area contributed by atoms with Crippen molar-refractivity contribution >= 4 is 34.7 Å². The molecule has 4 rings (SSSR count). The summed E-state index contributed by atoms with van der Waals surface area (Å²) in [5.41, 5.74) is -0.348. The van der Waals surface area contributed by atoms with Crippen LogP contribution in [0.25, 0.3) is 5.76 Å². The molecule has 9 heteroatoms. The van der Waals surface area contributed by atoms with E-state index in [1.807, 2.05) is 0 Å². The summed E-state index contributed by atoms with van der Waals surface area (Å²) in [6, 6.07) is 8.72. The number of halogens is 3. The number of hydrogen-bond acceptors (Lipinski definition) is 5. The molecule has 2 aromatic carbocycles. The van der Waals surface area contributed by atoms with E-state index >= 15 is 0 Å². The molecule has 158 valence electrons. The van der Waals surface area contributed by atoms with Crippen molar-refractivity contribution in [3.8, 4) is 5.75 Å². The van der Waals surface area contributed by atoms with Gasteiger partial charge in [-0.05, 0) is 48.5 Å². The van der Waals surface area contributed by atoms with E-state index in [1.54, 1.807) is 0 Å². The third-order valence-corrected chi connectivity index (χ3v) is 5.14. The summed E-state index contributed by atoms with van der Waals surface area (Å²) in [6.07, 6.45) is 1.33. The molecular weight excluding hydrogens is 432 g/mol. The van der Waals surface area contributed by atoms with E-state index in [0.717, 1.165) is 23.1 Å². The smallest absolute Gasteiger partial charge is 0.300 e. The van der Waals surface area contributed by atoms with Crippen molar-refractivity contribution in [1.29, 1.82) is 0 Å². The number of ether oxygens (including phenoxy) is 1. The molecule has 1 amide bonds. The van der Waals surface area contributed by atoms with Crippen molar-refractivity contribution in [1.82, 2.24) is 0 Å². The summed E-state index contributed by atoms with van der Waals surface area (Å²) in [4.78, 5) is 26.9. The van der Waals surface area contributed by atoms with Crippen LogP contribution in [-0.4, -0.2) is 23.9 Å². The Labute approximate surface area is 179 Å². The van der Waals surface area contributed by atoms with E-state index in [0.29, 0.717) is 0 Å². The molecule has 0 radical (unpaired) electrons. The number of furan rings is 1. The van der Waals surface area contributed by atoms with Crippen molar-refractivity contribution in [2.45, 2.75) is 6.04 Å². The first-order valence-electron chi connectivity index (χ1n) is 8.97. The number of ketones is 1. The molecule has 31 heavy (non-hydrogen) atoms. The van der Waals surface area contributed by atoms with Gasteiger partial charge in [0.2, 0.25) is 0 Å². The lowest BCUT2D eigenvalue weighted by molar-refractivity contribution is -0.132. The SMILES string of the molecule is COc1ccc(F)cc1/C(O)=C1/C(=O)C(=O)N(c2ccc(F)c(Cl)c2)C1c1ccco1. The average Bonchev–Trinajstić information content (AvgIpc) is 3.37. The van der Waals surface area contributed by atoms with Gasteiger partial charge in [0.05, 0.1) is 29.5 Å². The second-order valence-electron chi connectivity index (χ2n) is 6.63. The van der Waals surface area contributed by atoms with Crippen molar-refractivity contribution in [2.75, 3.05) is 12.0 Å². The number of anilines is 1. The van der Waals surface area contributed by atoms with Gasteiger partial charge >= 0.3 is 0 Å². The van der Waals surface area contributed by atoms with Crippen LogP contribution in [0, 0.1) is 11.6 Å². The first kappa shape index (κ1) is 20.6. The maximum Gasteiger partial charge on any atom is 0.300 e. The summed E-state index contributed by atoms with van der Waals surface area (Å²) in [5.74, 6) is -3.83. The minimum absolute atomic E-state index is 0.0909. The minimum atomic E-state index is -1.20. The van der Waals surface area contributed by atoms with Crippen LogP contribution in [0.4, 0.5) is 14.5 Å². The summed E-state index contributed by atoms with van der Waals surface area (Å²) in [5, 5.41) is 10.7. The highest BCUT2D eigenvalue weighted by Crippen LogP contribution is 2.44. The molecule has 1 atom stereocenters. The molecule has 0 aliphatic carbocycles. The average molecular weight is 446 g/mol. The fraction of sp³-hybridized carbons (Fsp3) is 0.0909. The van der Waals surface area contributed by atoms with Crippen LogP contribution in [0.1, 0.15) is 17.4 Å². The molecule has 1 aliphatic heterocycles. The quantitative estimate of drug-likeness (QED) is 0.353. The van der Waals surface area contributed by atoms with Gasteiger partial charge in [-0.3, -0.25) is 14.5 Å². The molecule has 0 spiro atoms. The fourth-order valence-electron chi connectivity index (χ4n) is 3.46. The van der Waals surface area contributed by atoms with Crippen molar-refractivity contribution < 1.29 is 32.6 Å². The molecule has 0 saturated carbocycles. The molecule has 6 nitrogen and oxygen atoms in total. The Kier molecular flexibility index (Phi) is 5.24. The Morgan fingerprint density at radius 1 is 1.16 bits per heavy atom. The van der Waals surface area contributed by atoms with Crippen molar-refractivity contribution in [2.24, 2.45) is 0 Å². The molecule has 1 unspecified atom stereocenters. The summed E-state index contributed by atoms with van der Waals surface area (Å²) in [6.45, 7) is 0. The number of benzene rings is 2. The van der Waals surface area contributed by atoms with E-state index in [4.69, 9.17) is 20.8 Å². The van der Waals surface area contributed by atoms with Crippen LogP contribution >= 0.6 is 11.6 Å². The van der Waals surface area contributed by atoms with E-state index in [2.05, 4.69) is 0 Å². The zero-order chi connectivity index (χ0) is 22.3. The number of amides is 1. The highest BCUT2D eigenvalue weighted by atomic mass is 35.5. The molecule has 3 aromatic rings. The molecule has 2 heterocycles. The van der Waals surface area contributed by atoms with Gasteiger partial charge in [-0.2, -0.15) is 0 Å². The molecule has 1 aromatic heterocycles. The Hall–Kier alpha value is -3.65. The maximum atomic E-state index is 13.9. The van der Waals surface area contributed by atoms with E-state index < -0.39 is 35.1 Å². The second-order valence-corrected chi connectivity index (χ2v) is 7.03. The monoisotopic (exact) mass is 445 g/mol. The Morgan fingerprint density at radius 3 is 2.58 bits per heavy atom. The topological polar surface area (TPSA) is 80.0 Å². The van der Waals surface area contributed by atoms with Gasteiger partial charge in [-0.25, -0.2) is 8.78 Å². The third kappa shape index (κ3) is 3.44. The summed E-state index contributed by atoms with van der Waals surface area (Å²) < 4.78 is 38.1. The lowest BCUT2D eigenvalue weighted by Crippen LogP contribution is -2.29. The van der Waals surface area contributed by atoms with Gasteiger partial charge in [-0.15, -0.1) is 0 Å². The van der Waals surface area contributed by atoms with E-state index in [-0.39, 0.29) is 33.4 Å². The van der Waals surface area contributed by atoms with Gasteiger partial charge in [-0.1, -0.05) is 11.6 Å². The van der Waals surface area contributed by atoms with E-state index in [9.17, 15) is 23.5 Å². The highest BCUT2D eigenvalue weighted by Gasteiger charge is 2.48. The second kappa shape index (κ2) is 7.88. The maximum absolute atomic E-state index is 13.9.